The fraction of sp³-hybridized carbons (Fsp3) is 0.794. The first-order valence-electron chi connectivity index (χ1n) is 16.6. The molecular formula is C34H59NO9Si2. The van der Waals surface area contributed by atoms with Gasteiger partial charge in [0.1, 0.15) is 31.0 Å². The van der Waals surface area contributed by atoms with Crippen LogP contribution in [0, 0.1) is 0 Å². The lowest BCUT2D eigenvalue weighted by atomic mass is 9.95. The molecule has 1 N–H and O–H groups in total. The molecule has 3 aliphatic heterocycles. The monoisotopic (exact) mass is 681 g/mol. The van der Waals surface area contributed by atoms with Gasteiger partial charge in [0, 0.05) is 0 Å². The predicted octanol–water partition coefficient (Wildman–Crippen LogP) is 7.09. The van der Waals surface area contributed by atoms with Gasteiger partial charge in [-0.15, -0.1) is 0 Å². The summed E-state index contributed by atoms with van der Waals surface area (Å²) in [5, 5.41) is 2.97. The molecule has 4 rings (SSSR count). The average molecular weight is 682 g/mol. The molecule has 0 spiro atoms. The highest BCUT2D eigenvalue weighted by Gasteiger charge is 2.62. The topological polar surface area (TPSA) is 103 Å². The number of benzene rings is 1. The highest BCUT2D eigenvalue weighted by Crippen LogP contribution is 2.46. The molecule has 3 heterocycles. The van der Waals surface area contributed by atoms with Gasteiger partial charge in [-0.2, -0.15) is 0 Å². The van der Waals surface area contributed by atoms with E-state index in [2.05, 4.69) is 73.0 Å². The standard InChI is InChI=1S/C34H59NO9Si2/c1-31(2,3)45(11,12)43-25(23-21-38-33(7,8)40-23)24(35-30(36)37-20-22-18-16-15-17-19-22)26-27-28(42-34(9,10)41-27)29(39-26)44-46(13,14)32(4,5)6/h15-19,23-29H,20-21H2,1-14H3,(H,35,36)/t23-,24-,25+,26-,27-,28-,29+/m1/s1. The van der Waals surface area contributed by atoms with Crippen molar-refractivity contribution in [3.63, 3.8) is 0 Å². The molecule has 0 radical (unpaired) electrons. The molecule has 3 fully saturated rings. The van der Waals surface area contributed by atoms with Gasteiger partial charge in [0.05, 0.1) is 18.8 Å². The molecular weight excluding hydrogens is 623 g/mol. The zero-order chi connectivity index (χ0) is 34.5. The Balaban J connectivity index is 1.74. The molecule has 7 atom stereocenters. The molecule has 262 valence electrons. The number of nitrogens with one attached hydrogen (secondary N) is 1. The Morgan fingerprint density at radius 2 is 1.48 bits per heavy atom. The second-order valence-corrected chi connectivity index (χ2v) is 26.4. The Labute approximate surface area is 278 Å². The molecule has 1 amide bonds. The van der Waals surface area contributed by atoms with Crippen LogP contribution in [0.25, 0.3) is 0 Å². The first-order valence-corrected chi connectivity index (χ1v) is 22.4. The number of alkyl carbamates (subject to hydrolysis) is 1. The summed E-state index contributed by atoms with van der Waals surface area (Å²) in [6.45, 7) is 29.8. The van der Waals surface area contributed by atoms with Crippen LogP contribution >= 0.6 is 0 Å². The van der Waals surface area contributed by atoms with E-state index in [0.29, 0.717) is 0 Å². The van der Waals surface area contributed by atoms with Gasteiger partial charge < -0.3 is 42.6 Å². The summed E-state index contributed by atoms with van der Waals surface area (Å²) in [6, 6.07) is 8.83. The summed E-state index contributed by atoms with van der Waals surface area (Å²) in [5.74, 6) is -1.70. The van der Waals surface area contributed by atoms with Crippen LogP contribution in [0.4, 0.5) is 4.79 Å². The molecule has 0 aliphatic carbocycles. The van der Waals surface area contributed by atoms with Crippen molar-refractivity contribution < 1.29 is 42.1 Å². The first kappa shape index (κ1) is 37.5. The number of fused-ring (bicyclic) bond motifs is 1. The number of ether oxygens (including phenoxy) is 6. The molecule has 1 aromatic carbocycles. The van der Waals surface area contributed by atoms with Gasteiger partial charge in [0.15, 0.2) is 34.5 Å². The van der Waals surface area contributed by atoms with Crippen LogP contribution in [0.3, 0.4) is 0 Å². The molecule has 46 heavy (non-hydrogen) atoms. The highest BCUT2D eigenvalue weighted by molar-refractivity contribution is 6.74. The van der Waals surface area contributed by atoms with Crippen LogP contribution in [-0.4, -0.2) is 83.8 Å². The maximum Gasteiger partial charge on any atom is 0.407 e. The van der Waals surface area contributed by atoms with Gasteiger partial charge >= 0.3 is 6.09 Å². The Bertz CT molecular complexity index is 1200. The average Bonchev–Trinajstić information content (AvgIpc) is 3.53. The number of carbonyl (C=O) groups excluding carboxylic acids is 1. The smallest absolute Gasteiger partial charge is 0.407 e. The summed E-state index contributed by atoms with van der Waals surface area (Å²) >= 11 is 0. The van der Waals surface area contributed by atoms with Crippen molar-refractivity contribution in [3.05, 3.63) is 35.9 Å². The van der Waals surface area contributed by atoms with E-state index in [4.69, 9.17) is 37.3 Å². The number of hydrogen-bond donors (Lipinski definition) is 1. The fourth-order valence-corrected chi connectivity index (χ4v) is 7.93. The van der Waals surface area contributed by atoms with E-state index < -0.39 is 77.2 Å². The summed E-state index contributed by atoms with van der Waals surface area (Å²) in [6.07, 6.45) is -4.21. The van der Waals surface area contributed by atoms with Crippen LogP contribution in [0.5, 0.6) is 0 Å². The number of carbonyl (C=O) groups is 1. The molecule has 0 aromatic heterocycles. The molecule has 0 bridgehead atoms. The van der Waals surface area contributed by atoms with E-state index in [1.807, 2.05) is 58.0 Å². The lowest BCUT2D eigenvalue weighted by Crippen LogP contribution is -2.62. The lowest BCUT2D eigenvalue weighted by molar-refractivity contribution is -0.223. The van der Waals surface area contributed by atoms with E-state index >= 15 is 0 Å². The molecule has 0 unspecified atom stereocenters. The first-order chi connectivity index (χ1) is 20.9. The molecule has 3 aliphatic rings. The van der Waals surface area contributed by atoms with E-state index in [1.54, 1.807) is 0 Å². The van der Waals surface area contributed by atoms with E-state index in [0.717, 1.165) is 5.56 Å². The second-order valence-electron chi connectivity index (χ2n) is 16.9. The maximum atomic E-state index is 13.7. The Morgan fingerprint density at radius 3 is 2.02 bits per heavy atom. The van der Waals surface area contributed by atoms with Gasteiger partial charge in [-0.25, -0.2) is 4.79 Å². The van der Waals surface area contributed by atoms with Crippen molar-refractivity contribution in [3.8, 4) is 0 Å². The fourth-order valence-electron chi connectivity index (χ4n) is 5.47. The maximum absolute atomic E-state index is 13.7. The quantitative estimate of drug-likeness (QED) is 0.259. The molecule has 12 heteroatoms. The van der Waals surface area contributed by atoms with Gasteiger partial charge in [0.2, 0.25) is 0 Å². The SMILES string of the molecule is CC1(C)O[C@@H]2[C@@H]([C@H](NC(=O)OCc3ccccc3)[C@@H](O[Si](C)(C)C(C)(C)C)[C@H]3COC(C)(C)O3)O[C@@H](O[Si](C)(C)C(C)(C)C)[C@@H]2O1. The second kappa shape index (κ2) is 13.2. The lowest BCUT2D eigenvalue weighted by Gasteiger charge is -2.44. The van der Waals surface area contributed by atoms with Gasteiger partial charge in [0.25, 0.3) is 0 Å². The third kappa shape index (κ3) is 8.62. The summed E-state index contributed by atoms with van der Waals surface area (Å²) < 4.78 is 52.1. The number of hydrogen-bond acceptors (Lipinski definition) is 9. The van der Waals surface area contributed by atoms with Crippen LogP contribution in [0.2, 0.25) is 36.3 Å². The van der Waals surface area contributed by atoms with E-state index in [-0.39, 0.29) is 23.3 Å². The van der Waals surface area contributed by atoms with Crippen molar-refractivity contribution in [2.24, 2.45) is 0 Å². The Kier molecular flexibility index (Phi) is 10.7. The molecule has 0 saturated carbocycles. The Hall–Kier alpha value is -1.36. The summed E-state index contributed by atoms with van der Waals surface area (Å²) in [5.41, 5.74) is 0.881. The zero-order valence-electron chi connectivity index (χ0n) is 30.5. The van der Waals surface area contributed by atoms with E-state index in [1.165, 1.54) is 0 Å². The largest absolute Gasteiger partial charge is 0.445 e. The van der Waals surface area contributed by atoms with Crippen molar-refractivity contribution in [2.75, 3.05) is 6.61 Å². The Morgan fingerprint density at radius 1 is 0.891 bits per heavy atom. The minimum Gasteiger partial charge on any atom is -0.445 e. The van der Waals surface area contributed by atoms with Crippen molar-refractivity contribution in [1.82, 2.24) is 5.32 Å². The summed E-state index contributed by atoms with van der Waals surface area (Å²) in [7, 11) is -4.74. The van der Waals surface area contributed by atoms with Crippen LogP contribution in [0.15, 0.2) is 30.3 Å². The van der Waals surface area contributed by atoms with Crippen molar-refractivity contribution >= 4 is 22.7 Å². The molecule has 1 aromatic rings. The van der Waals surface area contributed by atoms with Crippen LogP contribution in [0.1, 0.15) is 74.8 Å². The van der Waals surface area contributed by atoms with Gasteiger partial charge in [-0.1, -0.05) is 71.9 Å². The minimum absolute atomic E-state index is 0.0631. The number of rotatable bonds is 10. The summed E-state index contributed by atoms with van der Waals surface area (Å²) in [4.78, 5) is 13.7. The predicted molar refractivity (Wildman–Crippen MR) is 181 cm³/mol. The van der Waals surface area contributed by atoms with Crippen LogP contribution in [-0.2, 0) is 43.9 Å². The zero-order valence-corrected chi connectivity index (χ0v) is 32.5. The third-order valence-electron chi connectivity index (χ3n) is 10.1. The molecule has 3 saturated heterocycles. The normalized spacial score (nSPS) is 29.3. The third-order valence-corrected chi connectivity index (χ3v) is 19.0. The molecule has 10 nitrogen and oxygen atoms in total. The van der Waals surface area contributed by atoms with Crippen molar-refractivity contribution in [2.45, 2.75) is 167 Å². The number of amides is 1. The van der Waals surface area contributed by atoms with Crippen LogP contribution < -0.4 is 5.32 Å². The van der Waals surface area contributed by atoms with Gasteiger partial charge in [-0.05, 0) is 69.5 Å². The minimum atomic E-state index is -2.44. The highest BCUT2D eigenvalue weighted by atomic mass is 28.4. The van der Waals surface area contributed by atoms with Gasteiger partial charge in [-0.3, -0.25) is 0 Å². The van der Waals surface area contributed by atoms with Crippen molar-refractivity contribution in [1.29, 1.82) is 0 Å². The van der Waals surface area contributed by atoms with E-state index in [9.17, 15) is 4.79 Å².